The zero-order valence-corrected chi connectivity index (χ0v) is 28.5. The van der Waals surface area contributed by atoms with Crippen LogP contribution in [0, 0.1) is 19.7 Å². The van der Waals surface area contributed by atoms with Gasteiger partial charge in [-0.05, 0) is 93.4 Å². The Bertz CT molecular complexity index is 1890. The lowest BCUT2D eigenvalue weighted by atomic mass is 9.95. The summed E-state index contributed by atoms with van der Waals surface area (Å²) >= 11 is 0. The first-order chi connectivity index (χ1) is 24.1. The van der Waals surface area contributed by atoms with E-state index in [1.807, 2.05) is 51.1 Å². The van der Waals surface area contributed by atoms with E-state index in [9.17, 15) is 19.1 Å². The number of hydrogen-bond acceptors (Lipinski definition) is 9. The summed E-state index contributed by atoms with van der Waals surface area (Å²) < 4.78 is 37.7. The Morgan fingerprint density at radius 2 is 1.76 bits per heavy atom. The van der Waals surface area contributed by atoms with Gasteiger partial charge in [-0.2, -0.15) is 5.10 Å². The average molecular weight is 686 g/mol. The van der Waals surface area contributed by atoms with Crippen LogP contribution in [-0.4, -0.2) is 54.4 Å². The van der Waals surface area contributed by atoms with Crippen molar-refractivity contribution >= 4 is 18.2 Å². The second-order valence-corrected chi connectivity index (χ2v) is 11.5. The highest BCUT2D eigenvalue weighted by Gasteiger charge is 2.32. The monoisotopic (exact) mass is 685 g/mol. The summed E-state index contributed by atoms with van der Waals surface area (Å²) in [5, 5.41) is 20.1. The Kier molecular flexibility index (Phi) is 11.4. The number of methoxy groups -OCH3 is 1. The van der Waals surface area contributed by atoms with Crippen molar-refractivity contribution in [2.45, 2.75) is 46.6 Å². The molecule has 3 aromatic carbocycles. The smallest absolute Gasteiger partial charge is 0.337 e. The van der Waals surface area contributed by atoms with Crippen molar-refractivity contribution in [3.05, 3.63) is 118 Å². The van der Waals surface area contributed by atoms with Crippen LogP contribution in [0.1, 0.15) is 48.0 Å². The second-order valence-electron chi connectivity index (χ2n) is 11.5. The lowest BCUT2D eigenvalue weighted by molar-refractivity contribution is -0.136. The molecule has 0 fully saturated rings. The summed E-state index contributed by atoms with van der Waals surface area (Å²) in [4.78, 5) is 24.7. The van der Waals surface area contributed by atoms with Gasteiger partial charge in [0.05, 0.1) is 31.5 Å². The number of urea groups is 1. The molecule has 1 aliphatic rings. The van der Waals surface area contributed by atoms with E-state index >= 15 is 0 Å². The number of carbonyl (C=O) groups excluding carboxylic acids is 2. The predicted molar refractivity (Wildman–Crippen MR) is 185 cm³/mol. The van der Waals surface area contributed by atoms with Crippen molar-refractivity contribution < 1.29 is 38.0 Å². The number of carbonyl (C=O) groups is 2. The first-order valence-electron chi connectivity index (χ1n) is 16.0. The molecule has 0 spiro atoms. The summed E-state index contributed by atoms with van der Waals surface area (Å²) in [5.41, 5.74) is 8.55. The third kappa shape index (κ3) is 8.42. The number of esters is 1. The molecule has 1 aliphatic heterocycles. The average Bonchev–Trinajstić information content (AvgIpc) is 3.38. The number of aryl methyl sites for hydroxylation is 1. The maximum Gasteiger partial charge on any atom is 0.337 e. The molecule has 0 saturated heterocycles. The van der Waals surface area contributed by atoms with Crippen molar-refractivity contribution in [3.8, 4) is 22.9 Å². The van der Waals surface area contributed by atoms with Crippen molar-refractivity contribution in [3.63, 3.8) is 0 Å². The molecule has 0 bridgehead atoms. The molecule has 50 heavy (non-hydrogen) atoms. The van der Waals surface area contributed by atoms with Crippen molar-refractivity contribution in [1.82, 2.24) is 20.6 Å². The zero-order chi connectivity index (χ0) is 35.8. The topological polar surface area (TPSA) is 145 Å². The summed E-state index contributed by atoms with van der Waals surface area (Å²) in [6, 6.07) is 19.7. The number of hydrogen-bond donors (Lipinski definition) is 4. The van der Waals surface area contributed by atoms with Crippen LogP contribution >= 0.6 is 0 Å². The van der Waals surface area contributed by atoms with Gasteiger partial charge in [-0.15, -0.1) is 0 Å². The molecule has 0 saturated carbocycles. The SMILES string of the molecule is CCOc1cc([C@@H]2NC(=O)NC(C)=C2C(=O)OC)ccc1OC[C@H](O)N/N=C/c1cc(C)n(-c2ccc(OCc3ccc(F)cc3)cc2)c1C. The Labute approximate surface area is 289 Å². The summed E-state index contributed by atoms with van der Waals surface area (Å²) in [5.74, 6) is 0.568. The third-order valence-electron chi connectivity index (χ3n) is 7.98. The van der Waals surface area contributed by atoms with Crippen LogP contribution in [0.15, 0.2) is 89.2 Å². The number of ether oxygens (including phenoxy) is 4. The molecule has 4 N–H and O–H groups in total. The highest BCUT2D eigenvalue weighted by atomic mass is 19.1. The van der Waals surface area contributed by atoms with Crippen LogP contribution < -0.4 is 30.3 Å². The molecule has 5 rings (SSSR count). The van der Waals surface area contributed by atoms with Crippen LogP contribution in [0.3, 0.4) is 0 Å². The molecule has 12 nitrogen and oxygen atoms in total. The minimum Gasteiger partial charge on any atom is -0.490 e. The van der Waals surface area contributed by atoms with E-state index in [1.165, 1.54) is 19.2 Å². The first-order valence-corrected chi connectivity index (χ1v) is 16.0. The van der Waals surface area contributed by atoms with Crippen LogP contribution in [-0.2, 0) is 16.1 Å². The van der Waals surface area contributed by atoms with Crippen LogP contribution in [0.2, 0.25) is 0 Å². The molecule has 0 aliphatic carbocycles. The van der Waals surface area contributed by atoms with Crippen LogP contribution in [0.4, 0.5) is 9.18 Å². The lowest BCUT2D eigenvalue weighted by Gasteiger charge is -2.28. The number of amides is 2. The van der Waals surface area contributed by atoms with Gasteiger partial charge >= 0.3 is 12.0 Å². The predicted octanol–water partition coefficient (Wildman–Crippen LogP) is 5.33. The van der Waals surface area contributed by atoms with Crippen LogP contribution in [0.25, 0.3) is 5.69 Å². The molecule has 2 amide bonds. The molecular weight excluding hydrogens is 645 g/mol. The Morgan fingerprint density at radius 1 is 1.02 bits per heavy atom. The number of aromatic nitrogens is 1. The van der Waals surface area contributed by atoms with Gasteiger partial charge in [-0.3, -0.25) is 5.43 Å². The van der Waals surface area contributed by atoms with Gasteiger partial charge in [0.15, 0.2) is 17.7 Å². The number of hydrazone groups is 1. The summed E-state index contributed by atoms with van der Waals surface area (Å²) in [7, 11) is 1.28. The molecule has 2 heterocycles. The second kappa shape index (κ2) is 16.1. The van der Waals surface area contributed by atoms with Crippen molar-refractivity contribution in [1.29, 1.82) is 0 Å². The fraction of sp³-hybridized carbons (Fsp3) is 0.270. The standard InChI is InChI=1S/C37H40FN5O7/c1-6-48-32-18-26(35-34(36(45)47-5)23(3)40-37(46)41-35)9-16-31(32)50-21-33(44)42-39-19-27-17-22(2)43(24(27)4)29-12-14-30(15-13-29)49-20-25-7-10-28(38)11-8-25/h7-19,33,35,42,44H,6,20-21H2,1-5H3,(H2,40,41,46)/b39-19+/t33-,35-/m0/s1. The fourth-order valence-electron chi connectivity index (χ4n) is 5.57. The maximum absolute atomic E-state index is 13.2. The zero-order valence-electron chi connectivity index (χ0n) is 28.5. The molecule has 0 unspecified atom stereocenters. The van der Waals surface area contributed by atoms with Gasteiger partial charge in [0.25, 0.3) is 0 Å². The Hall–Kier alpha value is -5.82. The molecule has 262 valence electrons. The van der Waals surface area contributed by atoms with E-state index in [4.69, 9.17) is 18.9 Å². The highest BCUT2D eigenvalue weighted by Crippen LogP contribution is 2.35. The van der Waals surface area contributed by atoms with E-state index in [-0.39, 0.29) is 18.0 Å². The van der Waals surface area contributed by atoms with E-state index in [1.54, 1.807) is 43.5 Å². The number of halogens is 1. The number of aliphatic hydroxyl groups excluding tert-OH is 1. The number of nitrogens with zero attached hydrogens (tertiary/aromatic N) is 2. The number of allylic oxidation sites excluding steroid dienone is 1. The Morgan fingerprint density at radius 3 is 2.46 bits per heavy atom. The molecular formula is C37H40FN5O7. The molecule has 13 heteroatoms. The Balaban J connectivity index is 1.19. The quantitative estimate of drug-likeness (QED) is 0.0604. The van der Waals surface area contributed by atoms with Crippen molar-refractivity contribution in [2.75, 3.05) is 20.3 Å². The number of rotatable bonds is 14. The lowest BCUT2D eigenvalue weighted by Crippen LogP contribution is -2.45. The van der Waals surface area contributed by atoms with E-state index < -0.39 is 24.3 Å². The highest BCUT2D eigenvalue weighted by molar-refractivity contribution is 5.95. The number of nitrogens with one attached hydrogen (secondary N) is 3. The van der Waals surface area contributed by atoms with E-state index in [0.29, 0.717) is 41.7 Å². The molecule has 4 aromatic rings. The number of benzene rings is 3. The summed E-state index contributed by atoms with van der Waals surface area (Å²) in [6.45, 7) is 7.93. The first kappa shape index (κ1) is 35.5. The van der Waals surface area contributed by atoms with E-state index in [2.05, 4.69) is 25.7 Å². The van der Waals surface area contributed by atoms with Crippen molar-refractivity contribution in [2.24, 2.45) is 5.10 Å². The molecule has 0 radical (unpaired) electrons. The summed E-state index contributed by atoms with van der Waals surface area (Å²) in [6.07, 6.45) is 0.483. The van der Waals surface area contributed by atoms with E-state index in [0.717, 1.165) is 28.2 Å². The largest absolute Gasteiger partial charge is 0.490 e. The van der Waals surface area contributed by atoms with Crippen LogP contribution in [0.5, 0.6) is 17.2 Å². The van der Waals surface area contributed by atoms with Gasteiger partial charge in [-0.1, -0.05) is 18.2 Å². The maximum atomic E-state index is 13.2. The fourth-order valence-corrected chi connectivity index (χ4v) is 5.57. The number of aliphatic hydroxyl groups is 1. The molecule has 2 atom stereocenters. The van der Waals surface area contributed by atoms with Gasteiger partial charge < -0.3 is 39.3 Å². The third-order valence-corrected chi connectivity index (χ3v) is 7.98. The normalized spacial score (nSPS) is 14.9. The van der Waals surface area contributed by atoms with Gasteiger partial charge in [0.2, 0.25) is 0 Å². The minimum absolute atomic E-state index is 0.151. The van der Waals surface area contributed by atoms with Gasteiger partial charge in [-0.25, -0.2) is 14.0 Å². The van der Waals surface area contributed by atoms with Gasteiger partial charge in [0, 0.05) is 28.3 Å². The molecule has 1 aromatic heterocycles. The minimum atomic E-state index is -1.15. The van der Waals surface area contributed by atoms with Gasteiger partial charge in [0.1, 0.15) is 24.8 Å².